The van der Waals surface area contributed by atoms with Crippen molar-refractivity contribution in [2.75, 3.05) is 6.79 Å². The van der Waals surface area contributed by atoms with E-state index < -0.39 is 0 Å². The summed E-state index contributed by atoms with van der Waals surface area (Å²) in [5.74, 6) is 1.33. The number of benzene rings is 2. The minimum atomic E-state index is -0.345. The van der Waals surface area contributed by atoms with Gasteiger partial charge in [-0.15, -0.1) is 0 Å². The lowest BCUT2D eigenvalue weighted by Gasteiger charge is -2.07. The van der Waals surface area contributed by atoms with Crippen molar-refractivity contribution >= 4 is 5.97 Å². The SMILES string of the molecule is Cc1nn(-c2ccccc2)c(C)c1CC(=O)Oc1ccc2c(c1)OCO2. The number of para-hydroxylation sites is 1. The number of carbonyl (C=O) groups excluding carboxylic acids is 1. The Labute approximate surface area is 150 Å². The van der Waals surface area contributed by atoms with E-state index in [0.29, 0.717) is 17.2 Å². The van der Waals surface area contributed by atoms with E-state index in [9.17, 15) is 4.79 Å². The van der Waals surface area contributed by atoms with Crippen molar-refractivity contribution in [1.29, 1.82) is 0 Å². The molecular weight excluding hydrogens is 332 g/mol. The maximum atomic E-state index is 12.4. The molecule has 4 rings (SSSR count). The summed E-state index contributed by atoms with van der Waals surface area (Å²) in [4.78, 5) is 12.4. The van der Waals surface area contributed by atoms with E-state index in [1.807, 2.05) is 48.9 Å². The topological polar surface area (TPSA) is 62.6 Å². The van der Waals surface area contributed by atoms with Crippen LogP contribution < -0.4 is 14.2 Å². The molecule has 0 bridgehead atoms. The fourth-order valence-electron chi connectivity index (χ4n) is 3.00. The molecule has 1 aliphatic heterocycles. The van der Waals surface area contributed by atoms with E-state index in [2.05, 4.69) is 5.10 Å². The van der Waals surface area contributed by atoms with E-state index in [4.69, 9.17) is 14.2 Å². The molecule has 0 atom stereocenters. The van der Waals surface area contributed by atoms with Crippen LogP contribution in [-0.2, 0) is 11.2 Å². The van der Waals surface area contributed by atoms with Crippen molar-refractivity contribution in [3.8, 4) is 22.9 Å². The predicted molar refractivity (Wildman–Crippen MR) is 94.9 cm³/mol. The highest BCUT2D eigenvalue weighted by molar-refractivity contribution is 5.76. The Morgan fingerprint density at radius 3 is 2.69 bits per heavy atom. The first kappa shape index (κ1) is 16.2. The number of ether oxygens (including phenoxy) is 3. The van der Waals surface area contributed by atoms with Gasteiger partial charge in [0, 0.05) is 17.3 Å². The molecule has 3 aromatic rings. The van der Waals surface area contributed by atoms with Gasteiger partial charge in [0.05, 0.1) is 17.8 Å². The summed E-state index contributed by atoms with van der Waals surface area (Å²) in [6, 6.07) is 14.9. The third-order valence-corrected chi connectivity index (χ3v) is 4.34. The van der Waals surface area contributed by atoms with Crippen molar-refractivity contribution < 1.29 is 19.0 Å². The van der Waals surface area contributed by atoms with E-state index in [1.165, 1.54) is 0 Å². The molecule has 0 unspecified atom stereocenters. The largest absolute Gasteiger partial charge is 0.454 e. The standard InChI is InChI=1S/C20H18N2O4/c1-13-17(14(2)22(21-13)15-6-4-3-5-7-15)11-20(23)26-16-8-9-18-19(10-16)25-12-24-18/h3-10H,11-12H2,1-2H3. The summed E-state index contributed by atoms with van der Waals surface area (Å²) in [5, 5.41) is 4.56. The lowest BCUT2D eigenvalue weighted by molar-refractivity contribution is -0.133. The third-order valence-electron chi connectivity index (χ3n) is 4.34. The van der Waals surface area contributed by atoms with Crippen LogP contribution in [0.5, 0.6) is 17.2 Å². The molecule has 0 saturated carbocycles. The predicted octanol–water partition coefficient (Wildman–Crippen LogP) is 3.37. The highest BCUT2D eigenvalue weighted by Crippen LogP contribution is 2.35. The van der Waals surface area contributed by atoms with Crippen molar-refractivity contribution in [3.63, 3.8) is 0 Å². The van der Waals surface area contributed by atoms with Crippen molar-refractivity contribution in [2.24, 2.45) is 0 Å². The van der Waals surface area contributed by atoms with E-state index in [-0.39, 0.29) is 19.2 Å². The van der Waals surface area contributed by atoms with Gasteiger partial charge < -0.3 is 14.2 Å². The second-order valence-corrected chi connectivity index (χ2v) is 6.06. The Kier molecular flexibility index (Phi) is 4.08. The van der Waals surface area contributed by atoms with Gasteiger partial charge in [0.2, 0.25) is 6.79 Å². The first-order valence-corrected chi connectivity index (χ1v) is 8.32. The van der Waals surface area contributed by atoms with E-state index in [1.54, 1.807) is 18.2 Å². The number of aryl methyl sites for hydroxylation is 1. The van der Waals surface area contributed by atoms with Crippen LogP contribution in [-0.4, -0.2) is 22.5 Å². The second-order valence-electron chi connectivity index (χ2n) is 6.06. The molecular formula is C20H18N2O4. The quantitative estimate of drug-likeness (QED) is 0.533. The third kappa shape index (κ3) is 3.01. The summed E-state index contributed by atoms with van der Waals surface area (Å²) < 4.78 is 17.9. The summed E-state index contributed by atoms with van der Waals surface area (Å²) in [5.41, 5.74) is 3.58. The maximum absolute atomic E-state index is 12.4. The first-order valence-electron chi connectivity index (χ1n) is 8.32. The van der Waals surface area contributed by atoms with Gasteiger partial charge in [-0.25, -0.2) is 4.68 Å². The number of rotatable bonds is 4. The number of hydrogen-bond donors (Lipinski definition) is 0. The van der Waals surface area contributed by atoms with Gasteiger partial charge >= 0.3 is 5.97 Å². The zero-order valence-electron chi connectivity index (χ0n) is 14.6. The molecule has 6 nitrogen and oxygen atoms in total. The lowest BCUT2D eigenvalue weighted by atomic mass is 10.1. The van der Waals surface area contributed by atoms with Gasteiger partial charge in [0.15, 0.2) is 11.5 Å². The molecule has 0 N–H and O–H groups in total. The summed E-state index contributed by atoms with van der Waals surface area (Å²) in [6.07, 6.45) is 0.152. The van der Waals surface area contributed by atoms with Crippen LogP contribution in [0.2, 0.25) is 0 Å². The summed E-state index contributed by atoms with van der Waals surface area (Å²) >= 11 is 0. The summed E-state index contributed by atoms with van der Waals surface area (Å²) in [7, 11) is 0. The Hall–Kier alpha value is -3.28. The smallest absolute Gasteiger partial charge is 0.315 e. The van der Waals surface area contributed by atoms with Crippen LogP contribution >= 0.6 is 0 Å². The van der Waals surface area contributed by atoms with Gasteiger partial charge in [-0.1, -0.05) is 18.2 Å². The van der Waals surface area contributed by atoms with Crippen LogP contribution in [0.15, 0.2) is 48.5 Å². The normalized spacial score (nSPS) is 12.2. The molecule has 0 aliphatic carbocycles. The number of esters is 1. The number of aromatic nitrogens is 2. The highest BCUT2D eigenvalue weighted by Gasteiger charge is 2.19. The van der Waals surface area contributed by atoms with Crippen LogP contribution in [0, 0.1) is 13.8 Å². The number of fused-ring (bicyclic) bond motifs is 1. The Morgan fingerprint density at radius 2 is 1.88 bits per heavy atom. The van der Waals surface area contributed by atoms with Gasteiger partial charge in [-0.3, -0.25) is 4.79 Å². The average Bonchev–Trinajstić information content (AvgIpc) is 3.21. The zero-order valence-corrected chi connectivity index (χ0v) is 14.6. The fourth-order valence-corrected chi connectivity index (χ4v) is 3.00. The van der Waals surface area contributed by atoms with Gasteiger partial charge in [0.1, 0.15) is 5.75 Å². The fraction of sp³-hybridized carbons (Fsp3) is 0.200. The molecule has 6 heteroatoms. The molecule has 0 amide bonds. The molecule has 0 saturated heterocycles. The minimum Gasteiger partial charge on any atom is -0.454 e. The van der Waals surface area contributed by atoms with Crippen molar-refractivity contribution in [3.05, 3.63) is 65.5 Å². The number of nitrogens with zero attached hydrogens (tertiary/aromatic N) is 2. The number of carbonyl (C=O) groups is 1. The molecule has 2 heterocycles. The molecule has 132 valence electrons. The molecule has 2 aromatic carbocycles. The van der Waals surface area contributed by atoms with Crippen LogP contribution in [0.25, 0.3) is 5.69 Å². The molecule has 1 aromatic heterocycles. The van der Waals surface area contributed by atoms with Gasteiger partial charge in [0.25, 0.3) is 0 Å². The van der Waals surface area contributed by atoms with Crippen molar-refractivity contribution in [2.45, 2.75) is 20.3 Å². The maximum Gasteiger partial charge on any atom is 0.315 e. The number of hydrogen-bond acceptors (Lipinski definition) is 5. The van der Waals surface area contributed by atoms with Crippen LogP contribution in [0.1, 0.15) is 17.0 Å². The Balaban J connectivity index is 1.52. The molecule has 0 spiro atoms. The van der Waals surface area contributed by atoms with Gasteiger partial charge in [-0.2, -0.15) is 5.10 Å². The van der Waals surface area contributed by atoms with Crippen LogP contribution in [0.3, 0.4) is 0 Å². The van der Waals surface area contributed by atoms with Crippen molar-refractivity contribution in [1.82, 2.24) is 9.78 Å². The molecule has 0 radical (unpaired) electrons. The lowest BCUT2D eigenvalue weighted by Crippen LogP contribution is -2.12. The zero-order chi connectivity index (χ0) is 18.1. The highest BCUT2D eigenvalue weighted by atomic mass is 16.7. The van der Waals surface area contributed by atoms with Crippen LogP contribution in [0.4, 0.5) is 0 Å². The molecule has 26 heavy (non-hydrogen) atoms. The van der Waals surface area contributed by atoms with E-state index >= 15 is 0 Å². The summed E-state index contributed by atoms with van der Waals surface area (Å²) in [6.45, 7) is 4.04. The van der Waals surface area contributed by atoms with E-state index in [0.717, 1.165) is 22.6 Å². The minimum absolute atomic E-state index is 0.152. The first-order chi connectivity index (χ1) is 12.6. The van der Waals surface area contributed by atoms with Gasteiger partial charge in [-0.05, 0) is 38.1 Å². The second kappa shape index (κ2) is 6.55. The Morgan fingerprint density at radius 1 is 1.12 bits per heavy atom. The monoisotopic (exact) mass is 350 g/mol. The average molecular weight is 350 g/mol. The molecule has 0 fully saturated rings. The molecule has 1 aliphatic rings. The Bertz CT molecular complexity index is 963.